The number of rotatable bonds is 2. The Morgan fingerprint density at radius 1 is 1.43 bits per heavy atom. The van der Waals surface area contributed by atoms with Crippen LogP contribution >= 0.6 is 15.9 Å². The Morgan fingerprint density at radius 2 is 2.13 bits per heavy atom. The second kappa shape index (κ2) is 6.86. The van der Waals surface area contributed by atoms with Crippen molar-refractivity contribution in [1.29, 1.82) is 0 Å². The van der Waals surface area contributed by atoms with Crippen molar-refractivity contribution in [3.8, 4) is 0 Å². The molecule has 1 heterocycles. The molecule has 126 valence electrons. The zero-order valence-electron chi connectivity index (χ0n) is 13.4. The van der Waals surface area contributed by atoms with E-state index in [0.29, 0.717) is 23.9 Å². The first kappa shape index (κ1) is 17.7. The van der Waals surface area contributed by atoms with E-state index in [4.69, 9.17) is 4.74 Å². The van der Waals surface area contributed by atoms with Gasteiger partial charge in [0, 0.05) is 16.6 Å². The Labute approximate surface area is 143 Å². The van der Waals surface area contributed by atoms with Crippen molar-refractivity contribution in [2.24, 2.45) is 0 Å². The Balaban J connectivity index is 2.10. The molecule has 1 fully saturated rings. The Bertz CT molecular complexity index is 616. The third-order valence-corrected chi connectivity index (χ3v) is 3.81. The minimum Gasteiger partial charge on any atom is -0.436 e. The second-order valence-electron chi connectivity index (χ2n) is 6.50. The van der Waals surface area contributed by atoms with Gasteiger partial charge in [-0.15, -0.1) is 0 Å². The zero-order valence-corrected chi connectivity index (χ0v) is 14.9. The predicted octanol–water partition coefficient (Wildman–Crippen LogP) is 3.61. The van der Waals surface area contributed by atoms with Gasteiger partial charge in [-0.25, -0.2) is 9.18 Å². The molecule has 1 aromatic carbocycles. The van der Waals surface area contributed by atoms with Crippen molar-refractivity contribution in [3.63, 3.8) is 0 Å². The highest BCUT2D eigenvalue weighted by Gasteiger charge is 2.34. The third kappa shape index (κ3) is 4.67. The lowest BCUT2D eigenvalue weighted by molar-refractivity contribution is -0.128. The number of hydrogen-bond acceptors (Lipinski definition) is 3. The number of nitrogens with zero attached hydrogens (tertiary/aromatic N) is 1. The van der Waals surface area contributed by atoms with Gasteiger partial charge < -0.3 is 15.0 Å². The number of amides is 2. The number of anilines is 1. The molecule has 0 spiro atoms. The Morgan fingerprint density at radius 3 is 2.74 bits per heavy atom. The van der Waals surface area contributed by atoms with Crippen molar-refractivity contribution in [2.75, 3.05) is 11.4 Å². The number of carbonyl (C=O) groups is 2. The van der Waals surface area contributed by atoms with Crippen LogP contribution in [0.4, 0.5) is 14.9 Å². The molecule has 1 aliphatic heterocycles. The highest BCUT2D eigenvalue weighted by atomic mass is 79.9. The van der Waals surface area contributed by atoms with Crippen LogP contribution in [0.15, 0.2) is 22.7 Å². The molecule has 2 rings (SSSR count). The van der Waals surface area contributed by atoms with Gasteiger partial charge in [-0.1, -0.05) is 15.9 Å². The number of ether oxygens (including phenoxy) is 1. The molecule has 1 aliphatic rings. The molecular weight excluding hydrogens is 367 g/mol. The maximum Gasteiger partial charge on any atom is 0.408 e. The van der Waals surface area contributed by atoms with Crippen LogP contribution in [0.2, 0.25) is 0 Å². The summed E-state index contributed by atoms with van der Waals surface area (Å²) < 4.78 is 19.9. The molecule has 0 aliphatic carbocycles. The normalized spacial score (nSPS) is 18.7. The number of hydrogen-bond donors (Lipinski definition) is 1. The number of benzene rings is 1. The van der Waals surface area contributed by atoms with Gasteiger partial charge in [0.1, 0.15) is 5.82 Å². The van der Waals surface area contributed by atoms with E-state index < -0.39 is 29.5 Å². The molecule has 0 saturated carbocycles. The SMILES string of the molecule is CC(C)(C)NC(=O)O[C@@H]1CCCN(c2ccc(Br)cc2F)C1=O. The number of piperidine rings is 1. The van der Waals surface area contributed by atoms with Gasteiger partial charge in [-0.05, 0) is 51.8 Å². The van der Waals surface area contributed by atoms with Crippen LogP contribution < -0.4 is 10.2 Å². The lowest BCUT2D eigenvalue weighted by atomic mass is 10.1. The minimum atomic E-state index is -0.894. The summed E-state index contributed by atoms with van der Waals surface area (Å²) in [5.41, 5.74) is -0.255. The largest absolute Gasteiger partial charge is 0.436 e. The highest BCUT2D eigenvalue weighted by Crippen LogP contribution is 2.27. The van der Waals surface area contributed by atoms with Crippen molar-refractivity contribution in [2.45, 2.75) is 45.3 Å². The lowest BCUT2D eigenvalue weighted by Crippen LogP contribution is -2.49. The molecule has 5 nitrogen and oxygen atoms in total. The molecule has 1 saturated heterocycles. The minimum absolute atomic E-state index is 0.197. The smallest absolute Gasteiger partial charge is 0.408 e. The van der Waals surface area contributed by atoms with E-state index in [0.717, 1.165) is 0 Å². The fourth-order valence-electron chi connectivity index (χ4n) is 2.36. The fourth-order valence-corrected chi connectivity index (χ4v) is 2.69. The first-order valence-corrected chi connectivity index (χ1v) is 8.22. The van der Waals surface area contributed by atoms with Gasteiger partial charge in [-0.2, -0.15) is 0 Å². The maximum absolute atomic E-state index is 14.1. The molecule has 23 heavy (non-hydrogen) atoms. The molecule has 1 N–H and O–H groups in total. The lowest BCUT2D eigenvalue weighted by Gasteiger charge is -2.32. The van der Waals surface area contributed by atoms with E-state index in [2.05, 4.69) is 21.2 Å². The molecule has 2 amide bonds. The number of nitrogens with one attached hydrogen (secondary N) is 1. The monoisotopic (exact) mass is 386 g/mol. The van der Waals surface area contributed by atoms with E-state index in [1.54, 1.807) is 6.07 Å². The molecule has 1 atom stereocenters. The second-order valence-corrected chi connectivity index (χ2v) is 7.41. The summed E-state index contributed by atoms with van der Waals surface area (Å²) in [5.74, 6) is -0.894. The average Bonchev–Trinajstić information content (AvgIpc) is 2.40. The van der Waals surface area contributed by atoms with Gasteiger partial charge in [0.15, 0.2) is 6.10 Å². The van der Waals surface area contributed by atoms with Crippen molar-refractivity contribution < 1.29 is 18.7 Å². The standard InChI is InChI=1S/C16H20BrFN2O3/c1-16(2,3)19-15(22)23-13-5-4-8-20(14(13)21)12-7-6-10(17)9-11(12)18/h6-7,9,13H,4-5,8H2,1-3H3,(H,19,22)/t13-/m1/s1. The summed E-state index contributed by atoms with van der Waals surface area (Å²) in [6.07, 6.45) is -0.470. The van der Waals surface area contributed by atoms with E-state index >= 15 is 0 Å². The van der Waals surface area contributed by atoms with Crippen LogP contribution in [0.3, 0.4) is 0 Å². The summed E-state index contributed by atoms with van der Waals surface area (Å²) in [6, 6.07) is 4.51. The first-order chi connectivity index (χ1) is 10.7. The van der Waals surface area contributed by atoms with Crippen LogP contribution in [0.25, 0.3) is 0 Å². The zero-order chi connectivity index (χ0) is 17.2. The van der Waals surface area contributed by atoms with Gasteiger partial charge in [0.25, 0.3) is 5.91 Å². The molecule has 0 bridgehead atoms. The molecular formula is C16H20BrFN2O3. The maximum atomic E-state index is 14.1. The highest BCUT2D eigenvalue weighted by molar-refractivity contribution is 9.10. The summed E-state index contributed by atoms with van der Waals surface area (Å²) in [6.45, 7) is 5.86. The van der Waals surface area contributed by atoms with E-state index in [1.165, 1.54) is 17.0 Å². The number of alkyl carbamates (subject to hydrolysis) is 1. The molecule has 7 heteroatoms. The van der Waals surface area contributed by atoms with Crippen LogP contribution in [0, 0.1) is 5.82 Å². The van der Waals surface area contributed by atoms with E-state index in [-0.39, 0.29) is 5.69 Å². The topological polar surface area (TPSA) is 58.6 Å². The third-order valence-electron chi connectivity index (χ3n) is 3.32. The van der Waals surface area contributed by atoms with Crippen molar-refractivity contribution >= 4 is 33.6 Å². The fraction of sp³-hybridized carbons (Fsp3) is 0.500. The van der Waals surface area contributed by atoms with Crippen LogP contribution in [0.1, 0.15) is 33.6 Å². The van der Waals surface area contributed by atoms with Gasteiger partial charge in [-0.3, -0.25) is 4.79 Å². The average molecular weight is 387 g/mol. The summed E-state index contributed by atoms with van der Waals surface area (Å²) >= 11 is 3.19. The van der Waals surface area contributed by atoms with Gasteiger partial charge in [0.2, 0.25) is 0 Å². The summed E-state index contributed by atoms with van der Waals surface area (Å²) in [7, 11) is 0. The van der Waals surface area contributed by atoms with Crippen molar-refractivity contribution in [1.82, 2.24) is 5.32 Å². The first-order valence-electron chi connectivity index (χ1n) is 7.42. The number of carbonyl (C=O) groups excluding carboxylic acids is 2. The van der Waals surface area contributed by atoms with Gasteiger partial charge in [0.05, 0.1) is 5.69 Å². The molecule has 1 aromatic rings. The predicted molar refractivity (Wildman–Crippen MR) is 88.8 cm³/mol. The van der Waals surface area contributed by atoms with Gasteiger partial charge >= 0.3 is 6.09 Å². The number of halogens is 2. The van der Waals surface area contributed by atoms with Crippen molar-refractivity contribution in [3.05, 3.63) is 28.5 Å². The molecule has 0 radical (unpaired) electrons. The van der Waals surface area contributed by atoms with E-state index in [9.17, 15) is 14.0 Å². The van der Waals surface area contributed by atoms with E-state index in [1.807, 2.05) is 20.8 Å². The Hall–Kier alpha value is -1.63. The van der Waals surface area contributed by atoms with Crippen LogP contribution in [-0.2, 0) is 9.53 Å². The Kier molecular flexibility index (Phi) is 5.29. The van der Waals surface area contributed by atoms with Crippen LogP contribution in [-0.4, -0.2) is 30.2 Å². The summed E-state index contributed by atoms with van der Waals surface area (Å²) in [5, 5.41) is 2.65. The molecule has 0 unspecified atom stereocenters. The quantitative estimate of drug-likeness (QED) is 0.844. The summed E-state index contributed by atoms with van der Waals surface area (Å²) in [4.78, 5) is 25.7. The molecule has 0 aromatic heterocycles. The van der Waals surface area contributed by atoms with Crippen LogP contribution in [0.5, 0.6) is 0 Å².